The highest BCUT2D eigenvalue weighted by Crippen LogP contribution is 2.44. The normalized spacial score (nSPS) is 28.3. The van der Waals surface area contributed by atoms with Crippen molar-refractivity contribution in [2.24, 2.45) is 17.8 Å². The summed E-state index contributed by atoms with van der Waals surface area (Å²) < 4.78 is 53.7. The third kappa shape index (κ3) is 6.62. The Morgan fingerprint density at radius 1 is 0.933 bits per heavy atom. The van der Waals surface area contributed by atoms with Gasteiger partial charge in [0.1, 0.15) is 11.8 Å². The minimum atomic E-state index is -4.65. The number of benzene rings is 1. The molecule has 0 atom stereocenters. The Balaban J connectivity index is 1.43. The number of alkyl halides is 3. The van der Waals surface area contributed by atoms with Crippen molar-refractivity contribution in [1.29, 1.82) is 5.26 Å². The van der Waals surface area contributed by atoms with E-state index in [-0.39, 0.29) is 5.75 Å². The van der Waals surface area contributed by atoms with Crippen molar-refractivity contribution in [2.75, 3.05) is 0 Å². The number of rotatable bonds is 5. The monoisotopic (exact) mass is 421 g/mol. The van der Waals surface area contributed by atoms with Crippen LogP contribution in [0.1, 0.15) is 62.8 Å². The topological polar surface area (TPSA) is 33.0 Å². The number of ether oxygens (including phenoxy) is 1. The van der Waals surface area contributed by atoms with E-state index >= 15 is 0 Å². The van der Waals surface area contributed by atoms with Crippen LogP contribution in [0.4, 0.5) is 17.6 Å². The van der Waals surface area contributed by atoms with Gasteiger partial charge in [0.15, 0.2) is 5.83 Å². The highest BCUT2D eigenvalue weighted by atomic mass is 19.4. The molecule has 1 aromatic rings. The zero-order valence-corrected chi connectivity index (χ0v) is 16.9. The first kappa shape index (κ1) is 22.4. The molecule has 162 valence electrons. The second-order valence-corrected chi connectivity index (χ2v) is 8.41. The van der Waals surface area contributed by atoms with Gasteiger partial charge in [-0.2, -0.15) is 9.65 Å². The molecule has 0 amide bonds. The first-order valence-electron chi connectivity index (χ1n) is 10.6. The summed E-state index contributed by atoms with van der Waals surface area (Å²) in [5, 5.41) is 8.42. The second-order valence-electron chi connectivity index (χ2n) is 8.41. The number of hydrogen-bond acceptors (Lipinski definition) is 2. The molecule has 0 aliphatic heterocycles. The van der Waals surface area contributed by atoms with E-state index < -0.39 is 12.2 Å². The molecular weight excluding hydrogens is 394 g/mol. The number of nitriles is 1. The molecule has 0 spiro atoms. The molecular formula is C24H27F4NO. The summed E-state index contributed by atoms with van der Waals surface area (Å²) in [7, 11) is 0. The fourth-order valence-electron chi connectivity index (χ4n) is 5.01. The van der Waals surface area contributed by atoms with Gasteiger partial charge in [-0.15, -0.1) is 13.2 Å². The Morgan fingerprint density at radius 2 is 1.50 bits per heavy atom. The van der Waals surface area contributed by atoms with Gasteiger partial charge in [0.05, 0.1) is 0 Å². The zero-order valence-electron chi connectivity index (χ0n) is 16.9. The largest absolute Gasteiger partial charge is 0.573 e. The molecule has 0 radical (unpaired) electrons. The van der Waals surface area contributed by atoms with Crippen LogP contribution in [0.3, 0.4) is 0 Å². The molecule has 2 aliphatic rings. The number of hydrogen-bond donors (Lipinski definition) is 0. The van der Waals surface area contributed by atoms with E-state index in [0.717, 1.165) is 55.9 Å². The summed E-state index contributed by atoms with van der Waals surface area (Å²) >= 11 is 0. The van der Waals surface area contributed by atoms with E-state index in [1.807, 2.05) is 6.08 Å². The van der Waals surface area contributed by atoms with E-state index in [1.165, 1.54) is 37.1 Å². The molecule has 2 nitrogen and oxygen atoms in total. The van der Waals surface area contributed by atoms with Crippen LogP contribution >= 0.6 is 0 Å². The molecule has 1 aromatic carbocycles. The average molecular weight is 421 g/mol. The molecule has 0 heterocycles. The Hall–Kier alpha value is -2.29. The summed E-state index contributed by atoms with van der Waals surface area (Å²) in [6.07, 6.45) is 9.25. The lowest BCUT2D eigenvalue weighted by atomic mass is 9.68. The summed E-state index contributed by atoms with van der Waals surface area (Å²) in [5.74, 6) is 1.37. The first-order chi connectivity index (χ1) is 14.3. The van der Waals surface area contributed by atoms with Gasteiger partial charge in [-0.3, -0.25) is 0 Å². The smallest absolute Gasteiger partial charge is 0.406 e. The fourth-order valence-corrected chi connectivity index (χ4v) is 5.01. The van der Waals surface area contributed by atoms with Gasteiger partial charge in [-0.25, -0.2) is 0 Å². The van der Waals surface area contributed by atoms with Crippen LogP contribution < -0.4 is 4.74 Å². The quantitative estimate of drug-likeness (QED) is 0.279. The van der Waals surface area contributed by atoms with Gasteiger partial charge in [-0.05, 0) is 98.8 Å². The van der Waals surface area contributed by atoms with Crippen molar-refractivity contribution in [3.05, 3.63) is 53.9 Å². The molecule has 0 aromatic heterocycles. The van der Waals surface area contributed by atoms with Crippen molar-refractivity contribution in [3.63, 3.8) is 0 Å². The Morgan fingerprint density at radius 3 is 2.03 bits per heavy atom. The minimum absolute atomic E-state index is 0.170. The molecule has 6 heteroatoms. The molecule has 0 bridgehead atoms. The third-order valence-electron chi connectivity index (χ3n) is 6.57. The van der Waals surface area contributed by atoms with Crippen LogP contribution in [0.25, 0.3) is 0 Å². The Kier molecular flexibility index (Phi) is 7.58. The van der Waals surface area contributed by atoms with Gasteiger partial charge in [0.25, 0.3) is 0 Å². The maximum absolute atomic E-state index is 12.8. The molecule has 2 saturated carbocycles. The van der Waals surface area contributed by atoms with E-state index in [9.17, 15) is 17.6 Å². The lowest BCUT2D eigenvalue weighted by molar-refractivity contribution is -0.274. The molecule has 30 heavy (non-hydrogen) atoms. The lowest BCUT2D eigenvalue weighted by Crippen LogP contribution is -2.25. The van der Waals surface area contributed by atoms with Crippen LogP contribution in [-0.2, 0) is 0 Å². The third-order valence-corrected chi connectivity index (χ3v) is 6.57. The molecule has 0 N–H and O–H groups in total. The summed E-state index contributed by atoms with van der Waals surface area (Å²) in [4.78, 5) is 0. The number of allylic oxidation sites excluding steroid dienone is 4. The van der Waals surface area contributed by atoms with Crippen molar-refractivity contribution >= 4 is 0 Å². The van der Waals surface area contributed by atoms with Gasteiger partial charge in [0.2, 0.25) is 0 Å². The standard InChI is InChI=1S/C24H27F4NO/c25-22(16-29)3-1-2-17-4-6-18(7-5-17)19-8-10-20(11-9-19)21-12-14-23(15-13-21)30-24(26,27)28/h1-3,12-15,17-20H,4-11H2/b2-1+,22-3-. The zero-order chi connectivity index (χ0) is 21.6. The van der Waals surface area contributed by atoms with Crippen molar-refractivity contribution < 1.29 is 22.3 Å². The van der Waals surface area contributed by atoms with E-state index in [4.69, 9.17) is 5.26 Å². The lowest BCUT2D eigenvalue weighted by Gasteiger charge is -2.37. The predicted molar refractivity (Wildman–Crippen MR) is 107 cm³/mol. The number of nitrogens with zero attached hydrogens (tertiary/aromatic N) is 1. The average Bonchev–Trinajstić information content (AvgIpc) is 2.74. The van der Waals surface area contributed by atoms with Gasteiger partial charge >= 0.3 is 6.36 Å². The van der Waals surface area contributed by atoms with Crippen LogP contribution in [0, 0.1) is 29.1 Å². The summed E-state index contributed by atoms with van der Waals surface area (Å²) in [6, 6.07) is 7.79. The van der Waals surface area contributed by atoms with Crippen LogP contribution in [-0.4, -0.2) is 6.36 Å². The summed E-state index contributed by atoms with van der Waals surface area (Å²) in [5.41, 5.74) is 1.09. The summed E-state index contributed by atoms with van der Waals surface area (Å²) in [6.45, 7) is 0. The van der Waals surface area contributed by atoms with Crippen LogP contribution in [0.15, 0.2) is 48.3 Å². The van der Waals surface area contributed by atoms with E-state index in [0.29, 0.717) is 11.8 Å². The van der Waals surface area contributed by atoms with E-state index in [1.54, 1.807) is 18.2 Å². The van der Waals surface area contributed by atoms with E-state index in [2.05, 4.69) is 4.74 Å². The predicted octanol–water partition coefficient (Wildman–Crippen LogP) is 7.60. The molecule has 2 aliphatic carbocycles. The first-order valence-corrected chi connectivity index (χ1v) is 10.6. The fraction of sp³-hybridized carbons (Fsp3) is 0.542. The molecule has 0 unspecified atom stereocenters. The minimum Gasteiger partial charge on any atom is -0.406 e. The number of halogens is 4. The van der Waals surface area contributed by atoms with Crippen molar-refractivity contribution in [2.45, 2.75) is 63.6 Å². The van der Waals surface area contributed by atoms with Gasteiger partial charge < -0.3 is 4.74 Å². The van der Waals surface area contributed by atoms with Crippen LogP contribution in [0.2, 0.25) is 0 Å². The molecule has 2 fully saturated rings. The highest BCUT2D eigenvalue weighted by Gasteiger charge is 2.32. The van der Waals surface area contributed by atoms with Crippen molar-refractivity contribution in [1.82, 2.24) is 0 Å². The molecule has 0 saturated heterocycles. The SMILES string of the molecule is N#C/C(F)=C/C=C/C1CCC(C2CCC(c3ccc(OC(F)(F)F)cc3)CC2)CC1. The van der Waals surface area contributed by atoms with Gasteiger partial charge in [-0.1, -0.05) is 24.3 Å². The van der Waals surface area contributed by atoms with Crippen LogP contribution in [0.5, 0.6) is 5.75 Å². The second kappa shape index (κ2) is 10.1. The highest BCUT2D eigenvalue weighted by molar-refractivity contribution is 5.30. The Bertz CT molecular complexity index is 775. The van der Waals surface area contributed by atoms with Crippen molar-refractivity contribution in [3.8, 4) is 11.8 Å². The van der Waals surface area contributed by atoms with Gasteiger partial charge in [0, 0.05) is 0 Å². The maximum atomic E-state index is 12.8. The molecule has 3 rings (SSSR count). The Labute approximate surface area is 175 Å². The maximum Gasteiger partial charge on any atom is 0.573 e.